The summed E-state index contributed by atoms with van der Waals surface area (Å²) >= 11 is 0. The van der Waals surface area contributed by atoms with Crippen LogP contribution in [0.15, 0.2) is 18.2 Å². The molecule has 1 aromatic carbocycles. The zero-order chi connectivity index (χ0) is 12.2. The van der Waals surface area contributed by atoms with Gasteiger partial charge in [0.15, 0.2) is 0 Å². The number of ether oxygens (including phenoxy) is 2. The fourth-order valence-corrected chi connectivity index (χ4v) is 2.96. The van der Waals surface area contributed by atoms with Crippen molar-refractivity contribution in [2.75, 3.05) is 18.5 Å². The van der Waals surface area contributed by atoms with Crippen molar-refractivity contribution in [3.63, 3.8) is 0 Å². The van der Waals surface area contributed by atoms with Gasteiger partial charge in [0.2, 0.25) is 5.91 Å². The van der Waals surface area contributed by atoms with Crippen LogP contribution in [0.3, 0.4) is 0 Å². The quantitative estimate of drug-likeness (QED) is 0.827. The van der Waals surface area contributed by atoms with Crippen molar-refractivity contribution < 1.29 is 14.3 Å². The van der Waals surface area contributed by atoms with Gasteiger partial charge in [0, 0.05) is 11.3 Å². The average molecular weight is 245 g/mol. The summed E-state index contributed by atoms with van der Waals surface area (Å²) in [5, 5.41) is 2.98. The smallest absolute Gasteiger partial charge is 0.235 e. The molecule has 18 heavy (non-hydrogen) atoms. The minimum Gasteiger partial charge on any atom is -0.490 e. The van der Waals surface area contributed by atoms with Crippen LogP contribution in [0.5, 0.6) is 5.75 Å². The summed E-state index contributed by atoms with van der Waals surface area (Å²) in [4.78, 5) is 12.1. The van der Waals surface area contributed by atoms with Gasteiger partial charge in [0.25, 0.3) is 0 Å². The van der Waals surface area contributed by atoms with E-state index in [1.165, 1.54) is 0 Å². The number of epoxide rings is 1. The van der Waals surface area contributed by atoms with Gasteiger partial charge in [-0.3, -0.25) is 4.79 Å². The highest BCUT2D eigenvalue weighted by Gasteiger charge is 2.52. The van der Waals surface area contributed by atoms with Gasteiger partial charge < -0.3 is 14.8 Å². The molecule has 1 saturated carbocycles. The number of hydrogen-bond acceptors (Lipinski definition) is 3. The Balaban J connectivity index is 1.72. The maximum absolute atomic E-state index is 12.1. The fourth-order valence-electron chi connectivity index (χ4n) is 2.96. The molecule has 1 unspecified atom stereocenters. The van der Waals surface area contributed by atoms with Gasteiger partial charge in [-0.25, -0.2) is 0 Å². The Kier molecular flexibility index (Phi) is 2.01. The van der Waals surface area contributed by atoms with Crippen molar-refractivity contribution in [1.29, 1.82) is 0 Å². The Hall–Kier alpha value is -1.55. The van der Waals surface area contributed by atoms with Crippen molar-refractivity contribution in [3.05, 3.63) is 23.8 Å². The first-order chi connectivity index (χ1) is 8.79. The lowest BCUT2D eigenvalue weighted by Crippen LogP contribution is -2.41. The molecule has 4 heteroatoms. The second-order valence-electron chi connectivity index (χ2n) is 5.33. The Morgan fingerprint density at radius 1 is 1.44 bits per heavy atom. The van der Waals surface area contributed by atoms with Crippen molar-refractivity contribution in [3.8, 4) is 5.75 Å². The molecule has 0 radical (unpaired) electrons. The molecule has 1 atom stereocenters. The largest absolute Gasteiger partial charge is 0.490 e. The van der Waals surface area contributed by atoms with E-state index in [9.17, 15) is 4.79 Å². The zero-order valence-electron chi connectivity index (χ0n) is 10.1. The van der Waals surface area contributed by atoms with Crippen LogP contribution in [0, 0.1) is 0 Å². The van der Waals surface area contributed by atoms with E-state index >= 15 is 0 Å². The monoisotopic (exact) mass is 245 g/mol. The highest BCUT2D eigenvalue weighted by molar-refractivity contribution is 6.07. The van der Waals surface area contributed by atoms with E-state index in [0.29, 0.717) is 6.61 Å². The summed E-state index contributed by atoms with van der Waals surface area (Å²) in [6.07, 6.45) is 3.23. The maximum atomic E-state index is 12.1. The molecule has 1 amide bonds. The predicted molar refractivity (Wildman–Crippen MR) is 65.8 cm³/mol. The van der Waals surface area contributed by atoms with Crippen LogP contribution in [-0.2, 0) is 14.9 Å². The Labute approximate surface area is 105 Å². The average Bonchev–Trinajstić information content (AvgIpc) is 3.06. The van der Waals surface area contributed by atoms with E-state index in [1.54, 1.807) is 0 Å². The minimum absolute atomic E-state index is 0.141. The van der Waals surface area contributed by atoms with Crippen LogP contribution in [0.1, 0.15) is 24.8 Å². The van der Waals surface area contributed by atoms with Gasteiger partial charge in [-0.15, -0.1) is 0 Å². The number of hydrogen-bond donors (Lipinski definition) is 1. The number of amides is 1. The number of benzene rings is 1. The molecule has 0 aromatic heterocycles. The summed E-state index contributed by atoms with van der Waals surface area (Å²) < 4.78 is 11.0. The molecule has 1 aromatic rings. The first-order valence-electron chi connectivity index (χ1n) is 6.49. The number of rotatable bonds is 3. The van der Waals surface area contributed by atoms with E-state index in [1.807, 2.05) is 18.2 Å². The number of fused-ring (bicyclic) bond motifs is 2. The lowest BCUT2D eigenvalue weighted by Gasteiger charge is -2.36. The molecular formula is C14H15NO3. The molecule has 2 heterocycles. The minimum atomic E-state index is -0.309. The lowest BCUT2D eigenvalue weighted by molar-refractivity contribution is -0.123. The maximum Gasteiger partial charge on any atom is 0.235 e. The highest BCUT2D eigenvalue weighted by Crippen LogP contribution is 2.54. The van der Waals surface area contributed by atoms with E-state index in [0.717, 1.165) is 42.9 Å². The Morgan fingerprint density at radius 3 is 2.94 bits per heavy atom. The summed E-state index contributed by atoms with van der Waals surface area (Å²) in [6, 6.07) is 5.85. The molecule has 0 bridgehead atoms. The predicted octanol–water partition coefficient (Wildman–Crippen LogP) is 1.84. The van der Waals surface area contributed by atoms with Gasteiger partial charge in [0.05, 0.1) is 12.0 Å². The number of anilines is 1. The van der Waals surface area contributed by atoms with Gasteiger partial charge in [-0.1, -0.05) is 12.5 Å². The van der Waals surface area contributed by atoms with E-state index in [4.69, 9.17) is 9.47 Å². The molecule has 1 spiro atoms. The van der Waals surface area contributed by atoms with E-state index in [-0.39, 0.29) is 17.4 Å². The second kappa shape index (κ2) is 3.48. The summed E-state index contributed by atoms with van der Waals surface area (Å²) in [7, 11) is 0. The van der Waals surface area contributed by atoms with E-state index in [2.05, 4.69) is 5.32 Å². The molecule has 4 nitrogen and oxygen atoms in total. The van der Waals surface area contributed by atoms with Gasteiger partial charge in [-0.05, 0) is 25.0 Å². The molecule has 1 saturated heterocycles. The van der Waals surface area contributed by atoms with Crippen LogP contribution in [0.2, 0.25) is 0 Å². The number of nitrogens with one attached hydrogen (secondary N) is 1. The Bertz CT molecular complexity index is 518. The van der Waals surface area contributed by atoms with Crippen molar-refractivity contribution in [2.24, 2.45) is 0 Å². The van der Waals surface area contributed by atoms with Crippen molar-refractivity contribution in [1.82, 2.24) is 0 Å². The second-order valence-corrected chi connectivity index (χ2v) is 5.33. The number of carbonyl (C=O) groups is 1. The van der Waals surface area contributed by atoms with Crippen molar-refractivity contribution >= 4 is 11.6 Å². The van der Waals surface area contributed by atoms with Crippen LogP contribution in [-0.4, -0.2) is 25.2 Å². The number of carbonyl (C=O) groups excluding carboxylic acids is 1. The first kappa shape index (κ1) is 10.4. The third-order valence-electron chi connectivity index (χ3n) is 4.22. The van der Waals surface area contributed by atoms with Crippen LogP contribution in [0.4, 0.5) is 5.69 Å². The van der Waals surface area contributed by atoms with Crippen LogP contribution in [0.25, 0.3) is 0 Å². The van der Waals surface area contributed by atoms with Crippen LogP contribution < -0.4 is 10.1 Å². The normalized spacial score (nSPS) is 26.4. The van der Waals surface area contributed by atoms with Crippen LogP contribution >= 0.6 is 0 Å². The molecule has 4 rings (SSSR count). The molecule has 1 aliphatic carbocycles. The fraction of sp³-hybridized carbons (Fsp3) is 0.500. The molecule has 2 aliphatic heterocycles. The molecular weight excluding hydrogens is 230 g/mol. The van der Waals surface area contributed by atoms with Crippen molar-refractivity contribution in [2.45, 2.75) is 30.8 Å². The van der Waals surface area contributed by atoms with Gasteiger partial charge in [-0.2, -0.15) is 0 Å². The van der Waals surface area contributed by atoms with E-state index < -0.39 is 0 Å². The third-order valence-corrected chi connectivity index (χ3v) is 4.22. The summed E-state index contributed by atoms with van der Waals surface area (Å²) in [5.41, 5.74) is 1.69. The van der Waals surface area contributed by atoms with Gasteiger partial charge >= 0.3 is 0 Å². The topological polar surface area (TPSA) is 50.9 Å². The molecule has 1 N–H and O–H groups in total. The third kappa shape index (κ3) is 1.32. The molecule has 94 valence electrons. The zero-order valence-corrected chi connectivity index (χ0v) is 10.1. The SMILES string of the molecule is O=C1Nc2cccc(OCC3CO3)c2C12CCC2. The first-order valence-corrected chi connectivity index (χ1v) is 6.49. The Morgan fingerprint density at radius 2 is 2.28 bits per heavy atom. The lowest BCUT2D eigenvalue weighted by atomic mass is 9.65. The highest BCUT2D eigenvalue weighted by atomic mass is 16.6. The molecule has 2 fully saturated rings. The van der Waals surface area contributed by atoms with Gasteiger partial charge in [0.1, 0.15) is 18.5 Å². The standard InChI is InChI=1S/C14H15NO3/c16-13-14(5-2-6-14)12-10(15-13)3-1-4-11(12)18-8-9-7-17-9/h1,3-4,9H,2,5-8H2,(H,15,16). The summed E-state index contributed by atoms with van der Waals surface area (Å²) in [5.74, 6) is 0.989. The molecule has 3 aliphatic rings. The summed E-state index contributed by atoms with van der Waals surface area (Å²) in [6.45, 7) is 1.37.